The summed E-state index contributed by atoms with van der Waals surface area (Å²) in [4.78, 5) is 11.6. The Labute approximate surface area is 113 Å². The van der Waals surface area contributed by atoms with Gasteiger partial charge in [0.25, 0.3) is 0 Å². The highest BCUT2D eigenvalue weighted by atomic mass is 19.4. The highest BCUT2D eigenvalue weighted by Crippen LogP contribution is 2.29. The maximum Gasteiger partial charge on any atom is 0.416 e. The van der Waals surface area contributed by atoms with Crippen LogP contribution in [0.4, 0.5) is 13.2 Å². The first-order chi connectivity index (χ1) is 9.47. The van der Waals surface area contributed by atoms with Crippen LogP contribution in [0.15, 0.2) is 54.6 Å². The Kier molecular flexibility index (Phi) is 4.08. The monoisotopic (exact) mass is 280 g/mol. The second-order valence-electron chi connectivity index (χ2n) is 4.14. The second kappa shape index (κ2) is 5.77. The summed E-state index contributed by atoms with van der Waals surface area (Å²) in [5.74, 6) is -0.509. The molecule has 2 nitrogen and oxygen atoms in total. The van der Waals surface area contributed by atoms with Crippen molar-refractivity contribution in [2.24, 2.45) is 0 Å². The third-order valence-corrected chi connectivity index (χ3v) is 2.66. The Balaban J connectivity index is 1.96. The number of hydrogen-bond donors (Lipinski definition) is 0. The van der Waals surface area contributed by atoms with Crippen molar-refractivity contribution in [3.8, 4) is 0 Å². The van der Waals surface area contributed by atoms with Crippen LogP contribution in [0, 0.1) is 0 Å². The first-order valence-corrected chi connectivity index (χ1v) is 5.85. The van der Waals surface area contributed by atoms with E-state index in [1.165, 1.54) is 12.1 Å². The second-order valence-corrected chi connectivity index (χ2v) is 4.14. The highest BCUT2D eigenvalue weighted by molar-refractivity contribution is 5.89. The van der Waals surface area contributed by atoms with Crippen LogP contribution in [0.5, 0.6) is 0 Å². The normalized spacial score (nSPS) is 11.2. The van der Waals surface area contributed by atoms with Gasteiger partial charge in [-0.15, -0.1) is 0 Å². The smallest absolute Gasteiger partial charge is 0.416 e. The first-order valence-electron chi connectivity index (χ1n) is 5.85. The average Bonchev–Trinajstić information content (AvgIpc) is 2.45. The van der Waals surface area contributed by atoms with Gasteiger partial charge in [0, 0.05) is 0 Å². The van der Waals surface area contributed by atoms with Gasteiger partial charge in [-0.05, 0) is 29.8 Å². The minimum absolute atomic E-state index is 0.0636. The molecule has 0 aliphatic heterocycles. The Hall–Kier alpha value is -2.30. The Morgan fingerprint density at radius 3 is 2.10 bits per heavy atom. The Bertz CT molecular complexity index is 574. The molecule has 0 fully saturated rings. The van der Waals surface area contributed by atoms with Crippen molar-refractivity contribution >= 4 is 5.97 Å². The van der Waals surface area contributed by atoms with Crippen LogP contribution in [-0.4, -0.2) is 5.97 Å². The number of carbonyl (C=O) groups is 1. The molecule has 0 saturated heterocycles. The zero-order valence-electron chi connectivity index (χ0n) is 10.4. The van der Waals surface area contributed by atoms with Crippen molar-refractivity contribution in [3.63, 3.8) is 0 Å². The third kappa shape index (κ3) is 3.60. The molecule has 0 radical (unpaired) electrons. The van der Waals surface area contributed by atoms with Gasteiger partial charge in [0.1, 0.15) is 6.61 Å². The molecule has 0 aliphatic rings. The molecule has 0 amide bonds. The van der Waals surface area contributed by atoms with Gasteiger partial charge in [-0.2, -0.15) is 13.2 Å². The van der Waals surface area contributed by atoms with Gasteiger partial charge in [-0.1, -0.05) is 30.3 Å². The summed E-state index contributed by atoms with van der Waals surface area (Å²) in [6, 6.07) is 12.9. The fraction of sp³-hybridized carbons (Fsp3) is 0.133. The van der Waals surface area contributed by atoms with E-state index in [1.54, 1.807) is 30.3 Å². The van der Waals surface area contributed by atoms with Gasteiger partial charge >= 0.3 is 12.1 Å². The number of halogens is 3. The summed E-state index contributed by atoms with van der Waals surface area (Å²) in [6.45, 7) is -0.0636. The van der Waals surface area contributed by atoms with Crippen LogP contribution < -0.4 is 0 Å². The highest BCUT2D eigenvalue weighted by Gasteiger charge is 2.29. The van der Waals surface area contributed by atoms with Gasteiger partial charge in [-0.25, -0.2) is 4.79 Å². The van der Waals surface area contributed by atoms with E-state index in [-0.39, 0.29) is 6.61 Å². The van der Waals surface area contributed by atoms with E-state index in [4.69, 9.17) is 4.74 Å². The molecular formula is C15H11F3O2. The zero-order valence-corrected chi connectivity index (χ0v) is 10.4. The van der Waals surface area contributed by atoms with Crippen LogP contribution in [-0.2, 0) is 17.5 Å². The largest absolute Gasteiger partial charge is 0.457 e. The number of benzene rings is 2. The third-order valence-electron chi connectivity index (χ3n) is 2.66. The van der Waals surface area contributed by atoms with Crippen molar-refractivity contribution in [2.75, 3.05) is 0 Å². The van der Waals surface area contributed by atoms with Crippen molar-refractivity contribution < 1.29 is 22.7 Å². The van der Waals surface area contributed by atoms with Crippen molar-refractivity contribution in [2.45, 2.75) is 12.8 Å². The molecule has 20 heavy (non-hydrogen) atoms. The molecular weight excluding hydrogens is 269 g/mol. The minimum atomic E-state index is -4.36. The average molecular weight is 280 g/mol. The molecule has 2 rings (SSSR count). The van der Waals surface area contributed by atoms with E-state index in [0.29, 0.717) is 11.1 Å². The van der Waals surface area contributed by atoms with E-state index in [9.17, 15) is 18.0 Å². The predicted octanol–water partition coefficient (Wildman–Crippen LogP) is 4.06. The molecule has 0 heterocycles. The summed E-state index contributed by atoms with van der Waals surface area (Å²) < 4.78 is 42.1. The van der Waals surface area contributed by atoms with Crippen LogP contribution in [0.25, 0.3) is 0 Å². The topological polar surface area (TPSA) is 26.3 Å². The van der Waals surface area contributed by atoms with Crippen molar-refractivity contribution in [1.82, 2.24) is 0 Å². The standard InChI is InChI=1S/C15H11F3O2/c16-15(17,18)13-8-6-11(7-9-13)10-20-14(19)12-4-2-1-3-5-12/h1-9H,10H2. The van der Waals surface area contributed by atoms with Crippen molar-refractivity contribution in [1.29, 1.82) is 0 Å². The number of rotatable bonds is 3. The quantitative estimate of drug-likeness (QED) is 0.792. The number of hydrogen-bond acceptors (Lipinski definition) is 2. The lowest BCUT2D eigenvalue weighted by atomic mass is 10.1. The summed E-state index contributed by atoms with van der Waals surface area (Å²) in [5, 5.41) is 0. The number of alkyl halides is 3. The molecule has 0 aromatic heterocycles. The molecule has 0 unspecified atom stereocenters. The molecule has 0 aliphatic carbocycles. The van der Waals surface area contributed by atoms with Gasteiger partial charge in [0.05, 0.1) is 11.1 Å². The van der Waals surface area contributed by atoms with Gasteiger partial charge in [-0.3, -0.25) is 0 Å². The van der Waals surface area contributed by atoms with Gasteiger partial charge in [0.15, 0.2) is 0 Å². The van der Waals surface area contributed by atoms with Crippen LogP contribution in [0.1, 0.15) is 21.5 Å². The molecule has 0 spiro atoms. The lowest BCUT2D eigenvalue weighted by Crippen LogP contribution is -2.06. The Morgan fingerprint density at radius 2 is 1.55 bits per heavy atom. The van der Waals surface area contributed by atoms with Crippen LogP contribution in [0.3, 0.4) is 0 Å². The van der Waals surface area contributed by atoms with Crippen molar-refractivity contribution in [3.05, 3.63) is 71.3 Å². The summed E-state index contributed by atoms with van der Waals surface area (Å²) >= 11 is 0. The molecule has 0 N–H and O–H groups in total. The number of esters is 1. The van der Waals surface area contributed by atoms with E-state index in [0.717, 1.165) is 12.1 Å². The summed E-state index contributed by atoms with van der Waals surface area (Å²) in [7, 11) is 0. The lowest BCUT2D eigenvalue weighted by Gasteiger charge is -2.08. The van der Waals surface area contributed by atoms with E-state index >= 15 is 0 Å². The maximum absolute atomic E-state index is 12.4. The fourth-order valence-electron chi connectivity index (χ4n) is 1.60. The molecule has 2 aromatic rings. The first kappa shape index (κ1) is 14.1. The molecule has 0 saturated carbocycles. The molecule has 0 atom stereocenters. The lowest BCUT2D eigenvalue weighted by molar-refractivity contribution is -0.137. The van der Waals surface area contributed by atoms with Crippen LogP contribution >= 0.6 is 0 Å². The van der Waals surface area contributed by atoms with E-state index < -0.39 is 17.7 Å². The SMILES string of the molecule is O=C(OCc1ccc(C(F)(F)F)cc1)c1ccccc1. The molecule has 2 aromatic carbocycles. The number of carbonyl (C=O) groups excluding carboxylic acids is 1. The van der Waals surface area contributed by atoms with Gasteiger partial charge < -0.3 is 4.74 Å². The van der Waals surface area contributed by atoms with E-state index in [1.807, 2.05) is 0 Å². The van der Waals surface area contributed by atoms with E-state index in [2.05, 4.69) is 0 Å². The predicted molar refractivity (Wildman–Crippen MR) is 67.0 cm³/mol. The van der Waals surface area contributed by atoms with Gasteiger partial charge in [0.2, 0.25) is 0 Å². The Morgan fingerprint density at radius 1 is 0.950 bits per heavy atom. The van der Waals surface area contributed by atoms with Crippen LogP contribution in [0.2, 0.25) is 0 Å². The maximum atomic E-state index is 12.4. The summed E-state index contributed by atoms with van der Waals surface area (Å²) in [6.07, 6.45) is -4.36. The molecule has 5 heteroatoms. The fourth-order valence-corrected chi connectivity index (χ4v) is 1.60. The molecule has 0 bridgehead atoms. The summed E-state index contributed by atoms with van der Waals surface area (Å²) in [5.41, 5.74) is 0.178. The zero-order chi connectivity index (χ0) is 14.6. The number of ether oxygens (including phenoxy) is 1. The minimum Gasteiger partial charge on any atom is -0.457 e. The molecule has 104 valence electrons.